The Bertz CT molecular complexity index is 979. The lowest BCUT2D eigenvalue weighted by molar-refractivity contribution is -0.185. The molecule has 2 aromatic rings. The summed E-state index contributed by atoms with van der Waals surface area (Å²) in [6, 6.07) is 3.64. The third-order valence-electron chi connectivity index (χ3n) is 5.68. The highest BCUT2D eigenvalue weighted by Crippen LogP contribution is 2.53. The van der Waals surface area contributed by atoms with Crippen molar-refractivity contribution in [3.05, 3.63) is 34.4 Å². The summed E-state index contributed by atoms with van der Waals surface area (Å²) in [4.78, 5) is 12.8. The van der Waals surface area contributed by atoms with E-state index in [1.807, 2.05) is 13.0 Å². The molecule has 162 valence electrons. The van der Waals surface area contributed by atoms with Crippen LogP contribution in [0.2, 0.25) is 0 Å². The maximum Gasteiger partial charge on any atom is 0.262 e. The van der Waals surface area contributed by atoms with Gasteiger partial charge in [0.25, 0.3) is 5.79 Å². The molecular formula is C22H26O8. The number of fused-ring (bicyclic) bond motifs is 4. The number of carbonyl (C=O) groups is 1. The Hall–Kier alpha value is -2.23. The normalized spacial score (nSPS) is 19.2. The van der Waals surface area contributed by atoms with Crippen molar-refractivity contribution in [2.75, 3.05) is 42.0 Å². The molecule has 8 heteroatoms. The molecule has 4 rings (SSSR count). The summed E-state index contributed by atoms with van der Waals surface area (Å²) < 4.78 is 39.4. The number of ketones is 1. The van der Waals surface area contributed by atoms with Crippen LogP contribution in [0.4, 0.5) is 0 Å². The molecule has 30 heavy (non-hydrogen) atoms. The molecule has 0 bridgehead atoms. The fourth-order valence-electron chi connectivity index (χ4n) is 4.35. The molecule has 2 aliphatic rings. The van der Waals surface area contributed by atoms with E-state index in [1.165, 1.54) is 14.2 Å². The lowest BCUT2D eigenvalue weighted by Crippen LogP contribution is -2.49. The summed E-state index contributed by atoms with van der Waals surface area (Å²) in [5.74, 6) is -0.453. The van der Waals surface area contributed by atoms with E-state index < -0.39 is 5.79 Å². The third-order valence-corrected chi connectivity index (χ3v) is 5.68. The second-order valence-corrected chi connectivity index (χ2v) is 7.31. The third kappa shape index (κ3) is 2.91. The Morgan fingerprint density at radius 3 is 2.30 bits per heavy atom. The van der Waals surface area contributed by atoms with Crippen LogP contribution < -0.4 is 9.47 Å². The molecule has 0 radical (unpaired) electrons. The maximum absolute atomic E-state index is 12.8. The minimum Gasteiger partial charge on any atom is -0.467 e. The SMILES string of the molecule is COCOc1c2c(c(OCOC)c3c4c(ccc13)C(=O)C4(OC)OC)COC(C)C2. The van der Waals surface area contributed by atoms with Gasteiger partial charge in [-0.15, -0.1) is 0 Å². The van der Waals surface area contributed by atoms with E-state index in [1.54, 1.807) is 20.3 Å². The number of hydrogen-bond acceptors (Lipinski definition) is 8. The molecule has 0 N–H and O–H groups in total. The molecular weight excluding hydrogens is 392 g/mol. The average molecular weight is 418 g/mol. The molecule has 1 aliphatic carbocycles. The Morgan fingerprint density at radius 1 is 1.00 bits per heavy atom. The lowest BCUT2D eigenvalue weighted by atomic mass is 9.75. The van der Waals surface area contributed by atoms with Gasteiger partial charge >= 0.3 is 0 Å². The standard InChI is InChI=1S/C22H26O8/c1-12-8-15-16(9-28-12)20(30-11-25-3)17-13(19(15)29-10-24-2)6-7-14-18(17)22(26-4,27-5)21(14)23/h6-7,12H,8-11H2,1-5H3. The van der Waals surface area contributed by atoms with Gasteiger partial charge in [0.05, 0.1) is 12.7 Å². The minimum atomic E-state index is -1.49. The van der Waals surface area contributed by atoms with E-state index in [4.69, 9.17) is 33.2 Å². The number of carbonyl (C=O) groups excluding carboxylic acids is 1. The first-order valence-electron chi connectivity index (χ1n) is 9.69. The molecule has 0 spiro atoms. The van der Waals surface area contributed by atoms with E-state index in [2.05, 4.69) is 0 Å². The van der Waals surface area contributed by atoms with Crippen LogP contribution in [0.3, 0.4) is 0 Å². The van der Waals surface area contributed by atoms with Crippen LogP contribution in [0, 0.1) is 0 Å². The number of methoxy groups -OCH3 is 4. The second-order valence-electron chi connectivity index (χ2n) is 7.31. The first kappa shape index (κ1) is 21.0. The number of hydrogen-bond donors (Lipinski definition) is 0. The molecule has 0 amide bonds. The summed E-state index contributed by atoms with van der Waals surface area (Å²) in [6.45, 7) is 2.49. The number of rotatable bonds is 8. The molecule has 0 saturated heterocycles. The predicted molar refractivity (Wildman–Crippen MR) is 107 cm³/mol. The van der Waals surface area contributed by atoms with Gasteiger partial charge in [-0.2, -0.15) is 0 Å². The van der Waals surface area contributed by atoms with Crippen LogP contribution in [0.15, 0.2) is 12.1 Å². The quantitative estimate of drug-likeness (QED) is 0.606. The van der Waals surface area contributed by atoms with Crippen LogP contribution in [0.1, 0.15) is 34.0 Å². The molecule has 0 aromatic heterocycles. The van der Waals surface area contributed by atoms with Crippen LogP contribution >= 0.6 is 0 Å². The van der Waals surface area contributed by atoms with E-state index in [9.17, 15) is 4.79 Å². The molecule has 8 nitrogen and oxygen atoms in total. The van der Waals surface area contributed by atoms with Gasteiger partial charge < -0.3 is 33.2 Å². The Balaban J connectivity index is 2.08. The van der Waals surface area contributed by atoms with Crippen LogP contribution in [-0.4, -0.2) is 53.9 Å². The van der Waals surface area contributed by atoms with Crippen LogP contribution in [-0.2, 0) is 42.5 Å². The zero-order valence-corrected chi connectivity index (χ0v) is 17.8. The molecule has 1 unspecified atom stereocenters. The van der Waals surface area contributed by atoms with Gasteiger partial charge in [0, 0.05) is 67.9 Å². The zero-order valence-electron chi connectivity index (χ0n) is 17.8. The zero-order chi connectivity index (χ0) is 21.5. The van der Waals surface area contributed by atoms with Gasteiger partial charge in [0.1, 0.15) is 11.5 Å². The van der Waals surface area contributed by atoms with Crippen molar-refractivity contribution in [3.8, 4) is 11.5 Å². The van der Waals surface area contributed by atoms with Crippen molar-refractivity contribution in [1.29, 1.82) is 0 Å². The van der Waals surface area contributed by atoms with Gasteiger partial charge in [-0.25, -0.2) is 0 Å². The Labute approximate surface area is 174 Å². The minimum absolute atomic E-state index is 0.0281. The average Bonchev–Trinajstić information content (AvgIpc) is 2.76. The highest BCUT2D eigenvalue weighted by molar-refractivity contribution is 6.18. The molecule has 0 fully saturated rings. The first-order valence-corrected chi connectivity index (χ1v) is 9.69. The van der Waals surface area contributed by atoms with E-state index in [-0.39, 0.29) is 25.5 Å². The van der Waals surface area contributed by atoms with Gasteiger partial charge in [0.2, 0.25) is 5.78 Å². The fourth-order valence-corrected chi connectivity index (χ4v) is 4.35. The van der Waals surface area contributed by atoms with Crippen molar-refractivity contribution in [1.82, 2.24) is 0 Å². The molecule has 2 aromatic carbocycles. The molecule has 1 heterocycles. The lowest BCUT2D eigenvalue weighted by Gasteiger charge is -2.41. The van der Waals surface area contributed by atoms with Crippen LogP contribution in [0.5, 0.6) is 11.5 Å². The first-order chi connectivity index (χ1) is 14.5. The van der Waals surface area contributed by atoms with Crippen molar-refractivity contribution in [2.45, 2.75) is 31.8 Å². The summed E-state index contributed by atoms with van der Waals surface area (Å²) in [5, 5.41) is 1.48. The highest BCUT2D eigenvalue weighted by atomic mass is 16.7. The number of Topliss-reactive ketones (excluding diaryl/α,β-unsaturated/α-hetero) is 1. The summed E-state index contributed by atoms with van der Waals surface area (Å²) in [5.41, 5.74) is 2.99. The molecule has 1 atom stereocenters. The second kappa shape index (κ2) is 8.13. The van der Waals surface area contributed by atoms with E-state index in [0.29, 0.717) is 41.0 Å². The smallest absolute Gasteiger partial charge is 0.262 e. The number of ether oxygens (including phenoxy) is 7. The fraction of sp³-hybridized carbons (Fsp3) is 0.500. The van der Waals surface area contributed by atoms with Gasteiger partial charge in [-0.1, -0.05) is 0 Å². The van der Waals surface area contributed by atoms with Crippen LogP contribution in [0.25, 0.3) is 10.8 Å². The van der Waals surface area contributed by atoms with E-state index >= 15 is 0 Å². The summed E-state index contributed by atoms with van der Waals surface area (Å²) in [7, 11) is 6.02. The molecule has 0 saturated carbocycles. The number of benzene rings is 2. The molecule has 1 aliphatic heterocycles. The maximum atomic E-state index is 12.8. The van der Waals surface area contributed by atoms with Gasteiger partial charge in [0.15, 0.2) is 13.6 Å². The topological polar surface area (TPSA) is 81.7 Å². The van der Waals surface area contributed by atoms with Crippen molar-refractivity contribution >= 4 is 16.6 Å². The van der Waals surface area contributed by atoms with Gasteiger partial charge in [-0.3, -0.25) is 4.79 Å². The van der Waals surface area contributed by atoms with Gasteiger partial charge in [-0.05, 0) is 19.1 Å². The largest absolute Gasteiger partial charge is 0.467 e. The monoisotopic (exact) mass is 418 g/mol. The Morgan fingerprint density at radius 2 is 1.67 bits per heavy atom. The van der Waals surface area contributed by atoms with Crippen molar-refractivity contribution < 1.29 is 38.0 Å². The highest BCUT2D eigenvalue weighted by Gasteiger charge is 2.55. The van der Waals surface area contributed by atoms with E-state index in [0.717, 1.165) is 16.5 Å². The summed E-state index contributed by atoms with van der Waals surface area (Å²) in [6.07, 6.45) is 0.684. The van der Waals surface area contributed by atoms with Crippen molar-refractivity contribution in [3.63, 3.8) is 0 Å². The predicted octanol–water partition coefficient (Wildman–Crippen LogP) is 2.91. The van der Waals surface area contributed by atoms with Crippen molar-refractivity contribution in [2.24, 2.45) is 0 Å². The Kier molecular flexibility index (Phi) is 5.69. The summed E-state index contributed by atoms with van der Waals surface area (Å²) >= 11 is 0.